The lowest BCUT2D eigenvalue weighted by Crippen LogP contribution is -2.49. The van der Waals surface area contributed by atoms with Gasteiger partial charge in [0.1, 0.15) is 11.7 Å². The number of halogens is 1. The molecule has 0 aromatic heterocycles. The number of sulfonamides is 1. The van der Waals surface area contributed by atoms with Crippen LogP contribution in [0.25, 0.3) is 0 Å². The van der Waals surface area contributed by atoms with E-state index in [0.717, 1.165) is 5.56 Å². The molecule has 0 saturated carbocycles. The molecule has 3 aliphatic heterocycles. The van der Waals surface area contributed by atoms with Crippen molar-refractivity contribution in [2.45, 2.75) is 6.04 Å². The topological polar surface area (TPSA) is 82.1 Å². The lowest BCUT2D eigenvalue weighted by atomic mass is 10.0. The zero-order chi connectivity index (χ0) is 19.0. The molecule has 0 bridgehead atoms. The number of carbonyl (C=O) groups is 1. The van der Waals surface area contributed by atoms with Crippen LogP contribution in [-0.4, -0.2) is 61.9 Å². The molecule has 3 heterocycles. The van der Waals surface area contributed by atoms with Crippen LogP contribution in [0.1, 0.15) is 11.6 Å². The number of nitrogens with zero attached hydrogens (tertiary/aromatic N) is 3. The Morgan fingerprint density at radius 2 is 2.11 bits per heavy atom. The Morgan fingerprint density at radius 1 is 1.26 bits per heavy atom. The SMILES string of the molecule is O=C(C1=CN2CCS(=O)(=O)N=C2C=C1)N1CCNCC1c1cccc(F)c1. The highest BCUT2D eigenvalue weighted by molar-refractivity contribution is 7.90. The first-order valence-electron chi connectivity index (χ1n) is 8.69. The lowest BCUT2D eigenvalue weighted by molar-refractivity contribution is -0.130. The molecule has 0 radical (unpaired) electrons. The zero-order valence-electron chi connectivity index (χ0n) is 14.5. The number of amidine groups is 1. The Bertz CT molecular complexity index is 971. The first-order chi connectivity index (χ1) is 12.9. The van der Waals surface area contributed by atoms with Crippen molar-refractivity contribution in [3.63, 3.8) is 0 Å². The molecule has 1 aromatic rings. The average molecular weight is 390 g/mol. The average Bonchev–Trinajstić information content (AvgIpc) is 2.66. The molecular formula is C18H19FN4O3S. The highest BCUT2D eigenvalue weighted by Gasteiger charge is 2.31. The minimum atomic E-state index is -3.43. The number of rotatable bonds is 2. The van der Waals surface area contributed by atoms with Gasteiger partial charge in [0, 0.05) is 32.4 Å². The van der Waals surface area contributed by atoms with E-state index >= 15 is 0 Å². The van der Waals surface area contributed by atoms with E-state index in [0.29, 0.717) is 31.0 Å². The molecule has 0 spiro atoms. The van der Waals surface area contributed by atoms with Crippen LogP contribution < -0.4 is 5.32 Å². The van der Waals surface area contributed by atoms with E-state index in [1.54, 1.807) is 34.2 Å². The molecule has 4 rings (SSSR count). The molecular weight excluding hydrogens is 371 g/mol. The highest BCUT2D eigenvalue weighted by Crippen LogP contribution is 2.26. The summed E-state index contributed by atoms with van der Waals surface area (Å²) < 4.78 is 40.6. The van der Waals surface area contributed by atoms with E-state index < -0.39 is 10.0 Å². The molecule has 3 aliphatic rings. The van der Waals surface area contributed by atoms with Gasteiger partial charge in [0.25, 0.3) is 15.9 Å². The molecule has 7 nitrogen and oxygen atoms in total. The maximum atomic E-state index is 13.6. The predicted octanol–water partition coefficient (Wildman–Crippen LogP) is 0.796. The fraction of sp³-hybridized carbons (Fsp3) is 0.333. The summed E-state index contributed by atoms with van der Waals surface area (Å²) in [5.74, 6) is -0.270. The summed E-state index contributed by atoms with van der Waals surface area (Å²) in [7, 11) is -3.43. The van der Waals surface area contributed by atoms with Gasteiger partial charge < -0.3 is 15.1 Å². The molecule has 1 aromatic carbocycles. The minimum absolute atomic E-state index is 0.0815. The van der Waals surface area contributed by atoms with Crippen LogP contribution in [0.5, 0.6) is 0 Å². The summed E-state index contributed by atoms with van der Waals surface area (Å²) >= 11 is 0. The molecule has 1 fully saturated rings. The smallest absolute Gasteiger partial charge is 0.256 e. The summed E-state index contributed by atoms with van der Waals surface area (Å²) in [6.07, 6.45) is 4.77. The highest BCUT2D eigenvalue weighted by atomic mass is 32.2. The third-order valence-corrected chi connectivity index (χ3v) is 5.97. The number of hydrogen-bond acceptors (Lipinski definition) is 5. The molecule has 1 unspecified atom stereocenters. The third kappa shape index (κ3) is 3.65. The molecule has 1 N–H and O–H groups in total. The van der Waals surface area contributed by atoms with Crippen LogP contribution in [0.15, 0.2) is 52.6 Å². The summed E-state index contributed by atoms with van der Waals surface area (Å²) in [5.41, 5.74) is 1.19. The van der Waals surface area contributed by atoms with Crippen LogP contribution in [0.3, 0.4) is 0 Å². The van der Waals surface area contributed by atoms with Gasteiger partial charge in [-0.3, -0.25) is 4.79 Å². The second-order valence-corrected chi connectivity index (χ2v) is 8.37. The van der Waals surface area contributed by atoms with Gasteiger partial charge in [-0.25, -0.2) is 12.8 Å². The van der Waals surface area contributed by atoms with Gasteiger partial charge in [-0.05, 0) is 29.8 Å². The van der Waals surface area contributed by atoms with E-state index in [9.17, 15) is 17.6 Å². The van der Waals surface area contributed by atoms with Crippen molar-refractivity contribution in [3.05, 3.63) is 59.6 Å². The number of nitrogens with one attached hydrogen (secondary N) is 1. The van der Waals surface area contributed by atoms with E-state index in [-0.39, 0.29) is 30.1 Å². The first-order valence-corrected chi connectivity index (χ1v) is 10.3. The fourth-order valence-electron chi connectivity index (χ4n) is 3.45. The van der Waals surface area contributed by atoms with Crippen LogP contribution in [0, 0.1) is 5.82 Å². The number of piperazine rings is 1. The lowest BCUT2D eigenvalue weighted by Gasteiger charge is -2.37. The van der Waals surface area contributed by atoms with Crippen LogP contribution in [0.4, 0.5) is 4.39 Å². The Morgan fingerprint density at radius 3 is 2.93 bits per heavy atom. The molecule has 1 saturated heterocycles. The van der Waals surface area contributed by atoms with Crippen molar-refractivity contribution in [2.24, 2.45) is 4.40 Å². The zero-order valence-corrected chi connectivity index (χ0v) is 15.3. The predicted molar refractivity (Wildman–Crippen MR) is 98.9 cm³/mol. The van der Waals surface area contributed by atoms with Crippen LogP contribution >= 0.6 is 0 Å². The minimum Gasteiger partial charge on any atom is -0.330 e. The van der Waals surface area contributed by atoms with Gasteiger partial charge in [0.2, 0.25) is 0 Å². The summed E-state index contributed by atoms with van der Waals surface area (Å²) in [6.45, 7) is 1.96. The fourth-order valence-corrected chi connectivity index (χ4v) is 4.42. The third-order valence-electron chi connectivity index (χ3n) is 4.81. The summed E-state index contributed by atoms with van der Waals surface area (Å²) in [6, 6.07) is 6.01. The van der Waals surface area contributed by atoms with Gasteiger partial charge in [-0.1, -0.05) is 12.1 Å². The van der Waals surface area contributed by atoms with Crippen molar-refractivity contribution in [1.29, 1.82) is 0 Å². The standard InChI is InChI=1S/C18H19FN4O3S/c19-15-3-1-2-13(10-15)16-11-20-6-7-23(16)18(24)14-4-5-17-21-27(25,26)9-8-22(17)12-14/h1-5,10,12,16,20H,6-9,11H2. The van der Waals surface area contributed by atoms with E-state index in [4.69, 9.17) is 0 Å². The monoisotopic (exact) mass is 390 g/mol. The van der Waals surface area contributed by atoms with E-state index in [2.05, 4.69) is 9.71 Å². The number of benzene rings is 1. The molecule has 27 heavy (non-hydrogen) atoms. The van der Waals surface area contributed by atoms with Gasteiger partial charge in [0.05, 0.1) is 17.4 Å². The number of fused-ring (bicyclic) bond motifs is 1. The molecule has 9 heteroatoms. The maximum Gasteiger partial charge on any atom is 0.256 e. The Hall–Kier alpha value is -2.52. The van der Waals surface area contributed by atoms with E-state index in [1.165, 1.54) is 12.1 Å². The van der Waals surface area contributed by atoms with Gasteiger partial charge in [-0.2, -0.15) is 0 Å². The Kier molecular flexibility index (Phi) is 4.56. The van der Waals surface area contributed by atoms with Crippen LogP contribution in [-0.2, 0) is 14.8 Å². The first kappa shape index (κ1) is 17.9. The number of carbonyl (C=O) groups excluding carboxylic acids is 1. The van der Waals surface area contributed by atoms with Gasteiger partial charge >= 0.3 is 0 Å². The van der Waals surface area contributed by atoms with Crippen molar-refractivity contribution in [1.82, 2.24) is 15.1 Å². The van der Waals surface area contributed by atoms with Crippen molar-refractivity contribution < 1.29 is 17.6 Å². The maximum absolute atomic E-state index is 13.6. The van der Waals surface area contributed by atoms with Gasteiger partial charge in [-0.15, -0.1) is 4.40 Å². The Balaban J connectivity index is 1.60. The van der Waals surface area contributed by atoms with Crippen molar-refractivity contribution in [3.8, 4) is 0 Å². The summed E-state index contributed by atoms with van der Waals surface area (Å²) in [4.78, 5) is 16.5. The largest absolute Gasteiger partial charge is 0.330 e. The normalized spacial score (nSPS) is 24.1. The molecule has 0 aliphatic carbocycles. The van der Waals surface area contributed by atoms with Crippen LogP contribution in [0.2, 0.25) is 0 Å². The molecule has 1 atom stereocenters. The number of amides is 1. The molecule has 1 amide bonds. The van der Waals surface area contributed by atoms with Crippen molar-refractivity contribution in [2.75, 3.05) is 31.9 Å². The summed E-state index contributed by atoms with van der Waals surface area (Å²) in [5, 5.41) is 3.24. The van der Waals surface area contributed by atoms with E-state index in [1.807, 2.05) is 6.07 Å². The second-order valence-electron chi connectivity index (χ2n) is 6.62. The van der Waals surface area contributed by atoms with Crippen molar-refractivity contribution >= 4 is 21.8 Å². The van der Waals surface area contributed by atoms with Gasteiger partial charge in [0.15, 0.2) is 0 Å². The second kappa shape index (κ2) is 6.90. The Labute approximate surface area is 156 Å². The molecule has 142 valence electrons. The quantitative estimate of drug-likeness (QED) is 0.808. The number of hydrogen-bond donors (Lipinski definition) is 1.